The summed E-state index contributed by atoms with van der Waals surface area (Å²) in [5.74, 6) is 0. The highest BCUT2D eigenvalue weighted by Gasteiger charge is 2.42. The molecule has 2 aromatic heterocycles. The lowest BCUT2D eigenvalue weighted by Crippen LogP contribution is -2.45. The van der Waals surface area contributed by atoms with Crippen LogP contribution in [-0.2, 0) is 20.8 Å². The van der Waals surface area contributed by atoms with E-state index in [4.69, 9.17) is 37.9 Å². The molecule has 2 aliphatic heterocycles. The van der Waals surface area contributed by atoms with Crippen LogP contribution < -0.4 is 0 Å². The van der Waals surface area contributed by atoms with Gasteiger partial charge in [-0.1, -0.05) is 30.6 Å². The van der Waals surface area contributed by atoms with E-state index in [0.717, 1.165) is 0 Å². The van der Waals surface area contributed by atoms with Crippen LogP contribution in [0, 0.1) is 11.3 Å². The van der Waals surface area contributed by atoms with Gasteiger partial charge in [0.2, 0.25) is 0 Å². The van der Waals surface area contributed by atoms with Gasteiger partial charge < -0.3 is 19.3 Å². The number of hydrogen-bond acceptors (Lipinski definition) is 8. The van der Waals surface area contributed by atoms with Crippen molar-refractivity contribution < 1.29 is 32.6 Å². The maximum absolute atomic E-state index is 15.2. The Morgan fingerprint density at radius 3 is 1.53 bits per heavy atom. The smallest absolute Gasteiger partial charge is 0.410 e. The van der Waals surface area contributed by atoms with Gasteiger partial charge in [-0.25, -0.2) is 18.4 Å². The van der Waals surface area contributed by atoms with Crippen molar-refractivity contribution in [2.75, 3.05) is 26.2 Å². The average molecular weight is 699 g/mol. The predicted molar refractivity (Wildman–Crippen MR) is 175 cm³/mol. The molecule has 0 N–H and O–H groups in total. The molecule has 0 radical (unpaired) electrons. The number of carbonyl (C=O) groups excluding carboxylic acids is 3. The van der Waals surface area contributed by atoms with Crippen molar-refractivity contribution in [2.24, 2.45) is 0 Å². The summed E-state index contributed by atoms with van der Waals surface area (Å²) >= 11 is 12.1. The SMILES string of the molecule is C.CC(C)(C)OC(=O)N1CCC(F)(c2ncc(C#N)cc2Cl)CC1.CC(C)(C)OC(=O)N1CCC(F)(c2ncc(C=O)cc2Cl)CC1. The van der Waals surface area contributed by atoms with E-state index in [0.29, 0.717) is 11.8 Å². The van der Waals surface area contributed by atoms with Gasteiger partial charge in [-0.2, -0.15) is 5.26 Å². The van der Waals surface area contributed by atoms with Crippen LogP contribution in [0.4, 0.5) is 18.4 Å². The molecule has 258 valence electrons. The molecule has 2 saturated heterocycles. The fourth-order valence-corrected chi connectivity index (χ4v) is 5.57. The molecule has 0 unspecified atom stereocenters. The largest absolute Gasteiger partial charge is 0.444 e. The lowest BCUT2D eigenvalue weighted by atomic mass is 9.89. The standard InChI is InChI=1S/C16H19ClFN3O2.C16H20ClFN2O3.CH4/c1-15(2,3)23-14(22)21-6-4-16(18,5-7-21)13-12(17)8-11(9-19)10-20-13;1-15(2,3)23-14(22)20-6-4-16(18,5-7-20)13-12(17)8-11(10-21)9-19-13;/h8,10H,4-7H2,1-3H3;8-10H,4-7H2,1-3H3;1H4. The van der Waals surface area contributed by atoms with Gasteiger partial charge in [-0.05, 0) is 53.7 Å². The van der Waals surface area contributed by atoms with Crippen LogP contribution in [0.2, 0.25) is 10.0 Å². The quantitative estimate of drug-likeness (QED) is 0.294. The monoisotopic (exact) mass is 697 g/mol. The van der Waals surface area contributed by atoms with E-state index in [-0.39, 0.29) is 86.3 Å². The second kappa shape index (κ2) is 15.6. The molecule has 47 heavy (non-hydrogen) atoms. The minimum absolute atomic E-state index is 0. The zero-order chi connectivity index (χ0) is 34.5. The van der Waals surface area contributed by atoms with Gasteiger partial charge in [0.1, 0.15) is 17.3 Å². The molecule has 10 nitrogen and oxygen atoms in total. The minimum atomic E-state index is -1.71. The van der Waals surface area contributed by atoms with Crippen LogP contribution in [0.3, 0.4) is 0 Å². The fourth-order valence-electron chi connectivity index (χ4n) is 4.89. The average Bonchev–Trinajstić information content (AvgIpc) is 2.96. The Bertz CT molecular complexity index is 1470. The summed E-state index contributed by atoms with van der Waals surface area (Å²) in [6.07, 6.45) is 2.67. The van der Waals surface area contributed by atoms with Crippen molar-refractivity contribution in [1.82, 2.24) is 19.8 Å². The Hall–Kier alpha value is -3.56. The van der Waals surface area contributed by atoms with Crippen molar-refractivity contribution in [3.8, 4) is 6.07 Å². The molecular weight excluding hydrogens is 655 g/mol. The van der Waals surface area contributed by atoms with Crippen molar-refractivity contribution in [3.05, 3.63) is 57.1 Å². The van der Waals surface area contributed by atoms with E-state index < -0.39 is 34.7 Å². The number of alkyl halides is 2. The minimum Gasteiger partial charge on any atom is -0.444 e. The Labute approximate surface area is 285 Å². The molecule has 0 aromatic carbocycles. The molecule has 0 saturated carbocycles. The molecule has 2 fully saturated rings. The second-order valence-corrected chi connectivity index (χ2v) is 14.1. The number of hydrogen-bond donors (Lipinski definition) is 0. The maximum Gasteiger partial charge on any atom is 0.410 e. The molecule has 2 aromatic rings. The molecular formula is C33H43Cl2F2N5O5. The van der Waals surface area contributed by atoms with Gasteiger partial charge in [0.05, 0.1) is 27.0 Å². The third-order valence-corrected chi connectivity index (χ3v) is 7.81. The summed E-state index contributed by atoms with van der Waals surface area (Å²) < 4.78 is 40.9. The molecule has 2 aliphatic rings. The molecule has 0 aliphatic carbocycles. The molecule has 0 bridgehead atoms. The Kier molecular flexibility index (Phi) is 13.1. The van der Waals surface area contributed by atoms with Crippen LogP contribution in [0.15, 0.2) is 24.5 Å². The molecule has 0 atom stereocenters. The zero-order valence-corrected chi connectivity index (χ0v) is 28.3. The number of aldehydes is 1. The number of rotatable bonds is 3. The first kappa shape index (κ1) is 39.6. The van der Waals surface area contributed by atoms with Crippen LogP contribution in [0.1, 0.15) is 102 Å². The van der Waals surface area contributed by atoms with Crippen molar-refractivity contribution in [1.29, 1.82) is 5.26 Å². The number of piperidine rings is 2. The topological polar surface area (TPSA) is 126 Å². The summed E-state index contributed by atoms with van der Waals surface area (Å²) in [5, 5.41) is 9.08. The number of amides is 2. The Morgan fingerprint density at radius 2 is 1.21 bits per heavy atom. The van der Waals surface area contributed by atoms with Crippen LogP contribution in [0.25, 0.3) is 0 Å². The van der Waals surface area contributed by atoms with Gasteiger partial charge in [0.15, 0.2) is 17.6 Å². The first-order valence-corrected chi connectivity index (χ1v) is 15.6. The lowest BCUT2D eigenvalue weighted by molar-refractivity contribution is 0.000108. The second-order valence-electron chi connectivity index (χ2n) is 13.2. The highest BCUT2D eigenvalue weighted by molar-refractivity contribution is 6.31. The normalized spacial score (nSPS) is 17.2. The number of likely N-dealkylation sites (tertiary alicyclic amines) is 2. The predicted octanol–water partition coefficient (Wildman–Crippen LogP) is 8.18. The molecule has 4 rings (SSSR count). The first-order chi connectivity index (χ1) is 21.3. The summed E-state index contributed by atoms with van der Waals surface area (Å²) in [6.45, 7) is 11.6. The van der Waals surface area contributed by atoms with E-state index in [1.807, 2.05) is 6.07 Å². The first-order valence-electron chi connectivity index (χ1n) is 14.8. The summed E-state index contributed by atoms with van der Waals surface area (Å²) in [7, 11) is 0. The number of carbonyl (C=O) groups is 3. The molecule has 2 amide bonds. The zero-order valence-electron chi connectivity index (χ0n) is 26.8. The Balaban J connectivity index is 0.000000320. The number of halogens is 4. The number of ether oxygens (including phenoxy) is 2. The number of nitriles is 1. The van der Waals surface area contributed by atoms with Crippen molar-refractivity contribution >= 4 is 41.7 Å². The number of aromatic nitrogens is 2. The molecule has 0 spiro atoms. The highest BCUT2D eigenvalue weighted by Crippen LogP contribution is 2.41. The van der Waals surface area contributed by atoms with Crippen LogP contribution >= 0.6 is 23.2 Å². The number of pyridine rings is 2. The molecule has 14 heteroatoms. The van der Waals surface area contributed by atoms with E-state index in [9.17, 15) is 14.4 Å². The van der Waals surface area contributed by atoms with Crippen LogP contribution in [0.5, 0.6) is 0 Å². The molecule has 4 heterocycles. The van der Waals surface area contributed by atoms with Gasteiger partial charge in [-0.15, -0.1) is 0 Å². The third-order valence-electron chi connectivity index (χ3n) is 7.23. The summed E-state index contributed by atoms with van der Waals surface area (Å²) in [5.41, 5.74) is -3.76. The Morgan fingerprint density at radius 1 is 0.830 bits per heavy atom. The van der Waals surface area contributed by atoms with E-state index in [2.05, 4.69) is 9.97 Å². The van der Waals surface area contributed by atoms with Gasteiger partial charge in [0.25, 0.3) is 0 Å². The van der Waals surface area contributed by atoms with Crippen LogP contribution in [-0.4, -0.2) is 75.6 Å². The van der Waals surface area contributed by atoms with E-state index in [1.54, 1.807) is 41.5 Å². The van der Waals surface area contributed by atoms with Gasteiger partial charge >= 0.3 is 12.2 Å². The van der Waals surface area contributed by atoms with Gasteiger partial charge in [0, 0.05) is 69.8 Å². The van der Waals surface area contributed by atoms with E-state index in [1.165, 1.54) is 34.3 Å². The van der Waals surface area contributed by atoms with E-state index >= 15 is 8.78 Å². The van der Waals surface area contributed by atoms with Crippen molar-refractivity contribution in [3.63, 3.8) is 0 Å². The maximum atomic E-state index is 15.2. The fraction of sp³-hybridized carbons (Fsp3) is 0.576. The lowest BCUT2D eigenvalue weighted by Gasteiger charge is -2.37. The third kappa shape index (κ3) is 10.7. The van der Waals surface area contributed by atoms with Crippen molar-refractivity contribution in [2.45, 2.75) is 97.2 Å². The van der Waals surface area contributed by atoms with Gasteiger partial charge in [-0.3, -0.25) is 14.8 Å². The summed E-state index contributed by atoms with van der Waals surface area (Å²) in [6, 6.07) is 4.72. The summed E-state index contributed by atoms with van der Waals surface area (Å²) in [4.78, 5) is 45.7. The highest BCUT2D eigenvalue weighted by atomic mass is 35.5. The number of nitrogens with zero attached hydrogens (tertiary/aromatic N) is 5.